The molecular formula is C21H36. The summed E-state index contributed by atoms with van der Waals surface area (Å²) in [5, 5.41) is 0. The van der Waals surface area contributed by atoms with E-state index in [4.69, 9.17) is 0 Å². The summed E-state index contributed by atoms with van der Waals surface area (Å²) < 4.78 is 0. The molecule has 0 N–H and O–H groups in total. The first kappa shape index (κ1) is 16.8. The molecule has 0 saturated heterocycles. The molecule has 0 nitrogen and oxygen atoms in total. The van der Waals surface area contributed by atoms with Crippen molar-refractivity contribution in [1.29, 1.82) is 0 Å². The fourth-order valence-electron chi connectivity index (χ4n) is 4.04. The Morgan fingerprint density at radius 3 is 1.00 bits per heavy atom. The highest BCUT2D eigenvalue weighted by Crippen LogP contribution is 2.38. The summed E-state index contributed by atoms with van der Waals surface area (Å²) >= 11 is 0. The van der Waals surface area contributed by atoms with Crippen molar-refractivity contribution in [3.63, 3.8) is 0 Å². The molecule has 0 aromatic carbocycles. The third-order valence-corrected chi connectivity index (χ3v) is 5.50. The van der Waals surface area contributed by atoms with Crippen molar-refractivity contribution in [3.8, 4) is 0 Å². The number of hydrogen-bond acceptors (Lipinski definition) is 0. The summed E-state index contributed by atoms with van der Waals surface area (Å²) in [7, 11) is 0. The molecule has 2 rings (SSSR count). The van der Waals surface area contributed by atoms with Gasteiger partial charge in [-0.3, -0.25) is 0 Å². The Morgan fingerprint density at radius 2 is 0.667 bits per heavy atom. The van der Waals surface area contributed by atoms with Gasteiger partial charge in [-0.25, -0.2) is 0 Å². The molecule has 2 aliphatic carbocycles. The standard InChI is InChI=1S/C21H36/c1-2-4-6-8-10-12-14-18-21(19-15-16-20-21)17-13-11-9-7-5-3-1/h15-16,19-20H,1-14,17-18H2. The van der Waals surface area contributed by atoms with E-state index in [0.29, 0.717) is 5.41 Å². The molecule has 0 bridgehead atoms. The molecule has 21 heavy (non-hydrogen) atoms. The zero-order chi connectivity index (χ0) is 14.6. The first-order valence-electron chi connectivity index (χ1n) is 9.78. The Balaban J connectivity index is 1.74. The topological polar surface area (TPSA) is 0 Å². The van der Waals surface area contributed by atoms with Crippen LogP contribution < -0.4 is 0 Å². The van der Waals surface area contributed by atoms with Gasteiger partial charge in [0.2, 0.25) is 0 Å². The smallest absolute Gasteiger partial charge is 0.00671 e. The fourth-order valence-corrected chi connectivity index (χ4v) is 4.04. The van der Waals surface area contributed by atoms with Gasteiger partial charge < -0.3 is 0 Å². The van der Waals surface area contributed by atoms with Gasteiger partial charge in [0.15, 0.2) is 0 Å². The van der Waals surface area contributed by atoms with Crippen LogP contribution >= 0.6 is 0 Å². The summed E-state index contributed by atoms with van der Waals surface area (Å²) in [6.45, 7) is 0. The molecule has 0 radical (unpaired) electrons. The van der Waals surface area contributed by atoms with Crippen LogP contribution in [0, 0.1) is 5.41 Å². The second-order valence-corrected chi connectivity index (χ2v) is 7.40. The average Bonchev–Trinajstić information content (AvgIpc) is 2.95. The van der Waals surface area contributed by atoms with Crippen LogP contribution in [0.2, 0.25) is 0 Å². The van der Waals surface area contributed by atoms with Crippen molar-refractivity contribution in [2.45, 2.75) is 103 Å². The zero-order valence-electron chi connectivity index (χ0n) is 14.1. The third-order valence-electron chi connectivity index (χ3n) is 5.50. The lowest BCUT2D eigenvalue weighted by molar-refractivity contribution is 0.375. The van der Waals surface area contributed by atoms with Gasteiger partial charge in [-0.1, -0.05) is 114 Å². The largest absolute Gasteiger partial charge is 0.0745 e. The quantitative estimate of drug-likeness (QED) is 0.437. The van der Waals surface area contributed by atoms with Crippen LogP contribution in [0.1, 0.15) is 103 Å². The van der Waals surface area contributed by atoms with Crippen LogP contribution in [0.15, 0.2) is 24.3 Å². The van der Waals surface area contributed by atoms with Gasteiger partial charge in [0.05, 0.1) is 0 Å². The Morgan fingerprint density at radius 1 is 0.381 bits per heavy atom. The second-order valence-electron chi connectivity index (χ2n) is 7.40. The van der Waals surface area contributed by atoms with Crippen LogP contribution in [0.4, 0.5) is 0 Å². The maximum atomic E-state index is 2.49. The summed E-state index contributed by atoms with van der Waals surface area (Å²) in [6, 6.07) is 0. The Labute approximate surface area is 133 Å². The van der Waals surface area contributed by atoms with Crippen LogP contribution in [0.5, 0.6) is 0 Å². The van der Waals surface area contributed by atoms with E-state index < -0.39 is 0 Å². The SMILES string of the molecule is C1=CC2(C=C1)CCCCCCCCCCCCCCCC2. The molecule has 0 aliphatic heterocycles. The van der Waals surface area contributed by atoms with Crippen molar-refractivity contribution in [3.05, 3.63) is 24.3 Å². The summed E-state index contributed by atoms with van der Waals surface area (Å²) in [5.74, 6) is 0. The second kappa shape index (κ2) is 10.2. The van der Waals surface area contributed by atoms with Crippen LogP contribution in [-0.2, 0) is 0 Å². The van der Waals surface area contributed by atoms with Gasteiger partial charge in [0, 0.05) is 5.41 Å². The van der Waals surface area contributed by atoms with Crippen molar-refractivity contribution in [1.82, 2.24) is 0 Å². The van der Waals surface area contributed by atoms with E-state index in [-0.39, 0.29) is 0 Å². The molecule has 0 heterocycles. The summed E-state index contributed by atoms with van der Waals surface area (Å²) in [5.41, 5.74) is 0.438. The van der Waals surface area contributed by atoms with Crippen molar-refractivity contribution >= 4 is 0 Å². The van der Waals surface area contributed by atoms with E-state index in [1.165, 1.54) is 103 Å². The van der Waals surface area contributed by atoms with Crippen LogP contribution in [0.25, 0.3) is 0 Å². The van der Waals surface area contributed by atoms with Gasteiger partial charge in [0.1, 0.15) is 0 Å². The van der Waals surface area contributed by atoms with E-state index in [9.17, 15) is 0 Å². The van der Waals surface area contributed by atoms with Gasteiger partial charge in [-0.05, 0) is 12.8 Å². The Kier molecular flexibility index (Phi) is 8.22. The molecule has 0 heteroatoms. The summed E-state index contributed by atoms with van der Waals surface area (Å²) in [6.07, 6.45) is 32.8. The maximum absolute atomic E-state index is 2.49. The molecule has 0 aromatic rings. The molecule has 2 aliphatic rings. The normalized spacial score (nSPS) is 25.9. The lowest BCUT2D eigenvalue weighted by Crippen LogP contribution is -2.13. The van der Waals surface area contributed by atoms with E-state index >= 15 is 0 Å². The maximum Gasteiger partial charge on any atom is 0.00671 e. The van der Waals surface area contributed by atoms with Crippen molar-refractivity contribution in [2.75, 3.05) is 0 Å². The monoisotopic (exact) mass is 288 g/mol. The number of hydrogen-bond donors (Lipinski definition) is 0. The molecule has 120 valence electrons. The first-order valence-corrected chi connectivity index (χ1v) is 9.78. The molecular weight excluding hydrogens is 252 g/mol. The molecule has 1 spiro atoms. The van der Waals surface area contributed by atoms with Crippen molar-refractivity contribution in [2.24, 2.45) is 5.41 Å². The highest BCUT2D eigenvalue weighted by Gasteiger charge is 2.24. The summed E-state index contributed by atoms with van der Waals surface area (Å²) in [4.78, 5) is 0. The van der Waals surface area contributed by atoms with Crippen LogP contribution in [0.3, 0.4) is 0 Å². The van der Waals surface area contributed by atoms with E-state index in [2.05, 4.69) is 24.3 Å². The molecule has 1 saturated carbocycles. The predicted octanol–water partition coefficient (Wildman–Crippen LogP) is 7.35. The third kappa shape index (κ3) is 6.85. The van der Waals surface area contributed by atoms with Gasteiger partial charge >= 0.3 is 0 Å². The Bertz CT molecular complexity index is 278. The minimum Gasteiger partial charge on any atom is -0.0745 e. The molecule has 0 unspecified atom stereocenters. The zero-order valence-corrected chi connectivity index (χ0v) is 14.1. The average molecular weight is 289 g/mol. The first-order chi connectivity index (χ1) is 10.4. The highest BCUT2D eigenvalue weighted by atomic mass is 14.3. The van der Waals surface area contributed by atoms with Crippen LogP contribution in [-0.4, -0.2) is 0 Å². The molecule has 1 fully saturated rings. The van der Waals surface area contributed by atoms with E-state index in [1.807, 2.05) is 0 Å². The highest BCUT2D eigenvalue weighted by molar-refractivity contribution is 5.24. The molecule has 0 atom stereocenters. The molecule has 0 amide bonds. The lowest BCUT2D eigenvalue weighted by atomic mass is 9.79. The number of allylic oxidation sites excluding steroid dienone is 4. The fraction of sp³-hybridized carbons (Fsp3) is 0.810. The lowest BCUT2D eigenvalue weighted by Gasteiger charge is -2.25. The van der Waals surface area contributed by atoms with Gasteiger partial charge in [-0.15, -0.1) is 0 Å². The van der Waals surface area contributed by atoms with Crippen molar-refractivity contribution < 1.29 is 0 Å². The van der Waals surface area contributed by atoms with Gasteiger partial charge in [-0.2, -0.15) is 0 Å². The van der Waals surface area contributed by atoms with Gasteiger partial charge in [0.25, 0.3) is 0 Å². The minimum atomic E-state index is 0.438. The Hall–Kier alpha value is -0.520. The predicted molar refractivity (Wildman–Crippen MR) is 94.6 cm³/mol. The van der Waals surface area contributed by atoms with E-state index in [0.717, 1.165) is 0 Å². The minimum absolute atomic E-state index is 0.438. The van der Waals surface area contributed by atoms with E-state index in [1.54, 1.807) is 0 Å². The number of rotatable bonds is 0. The molecule has 0 aromatic heterocycles.